The minimum atomic E-state index is -0.906. The van der Waals surface area contributed by atoms with E-state index >= 15 is 0 Å². The fourth-order valence-electron chi connectivity index (χ4n) is 2.50. The van der Waals surface area contributed by atoms with E-state index < -0.39 is 17.9 Å². The maximum atomic E-state index is 13.7. The highest BCUT2D eigenvalue weighted by atomic mass is 19.1. The summed E-state index contributed by atoms with van der Waals surface area (Å²) in [5.41, 5.74) is 2.78. The van der Waals surface area contributed by atoms with Crippen LogP contribution in [0.15, 0.2) is 36.4 Å². The van der Waals surface area contributed by atoms with Crippen molar-refractivity contribution < 1.29 is 23.5 Å². The van der Waals surface area contributed by atoms with E-state index in [1.54, 1.807) is 12.1 Å². The van der Waals surface area contributed by atoms with E-state index in [2.05, 4.69) is 0 Å². The number of benzene rings is 2. The largest absolute Gasteiger partial charge is 0.494 e. The quantitative estimate of drug-likeness (QED) is 0.591. The van der Waals surface area contributed by atoms with Gasteiger partial charge < -0.3 is 9.47 Å². The topological polar surface area (TPSA) is 52.6 Å². The lowest BCUT2D eigenvalue weighted by Crippen LogP contribution is -2.26. The maximum absolute atomic E-state index is 13.7. The second-order valence-electron chi connectivity index (χ2n) is 5.96. The molecule has 0 radical (unpaired) electrons. The third-order valence-electron chi connectivity index (χ3n) is 3.90. The molecule has 0 heterocycles. The summed E-state index contributed by atoms with van der Waals surface area (Å²) in [5, 5.41) is 0. The van der Waals surface area contributed by atoms with Gasteiger partial charge in [0.1, 0.15) is 0 Å². The molecule has 1 atom stereocenters. The van der Waals surface area contributed by atoms with Crippen molar-refractivity contribution in [3.63, 3.8) is 0 Å². The molecule has 5 heteroatoms. The number of halogens is 1. The van der Waals surface area contributed by atoms with Crippen LogP contribution in [0.2, 0.25) is 0 Å². The average Bonchev–Trinajstić information content (AvgIpc) is 2.56. The smallest absolute Gasteiger partial charge is 0.310 e. The number of carbonyl (C=O) groups is 2. The molecule has 0 fully saturated rings. The molecule has 2 aromatic carbocycles. The summed E-state index contributed by atoms with van der Waals surface area (Å²) in [4.78, 5) is 24.5. The van der Waals surface area contributed by atoms with Crippen LogP contribution in [-0.4, -0.2) is 25.0 Å². The van der Waals surface area contributed by atoms with E-state index in [0.29, 0.717) is 11.1 Å². The zero-order valence-electron chi connectivity index (χ0n) is 14.8. The average molecular weight is 344 g/mol. The number of esters is 1. The standard InChI is InChI=1S/C20H21FO4/c1-12-5-6-13(2)16(9-12)20(23)14(3)25-19(22)11-15-7-8-18(24-4)17(21)10-15/h5-10,14H,11H2,1-4H3/t14-/m1/s1. The van der Waals surface area contributed by atoms with Gasteiger partial charge in [0.05, 0.1) is 13.5 Å². The van der Waals surface area contributed by atoms with E-state index in [9.17, 15) is 14.0 Å². The summed E-state index contributed by atoms with van der Waals surface area (Å²) < 4.78 is 23.7. The lowest BCUT2D eigenvalue weighted by Gasteiger charge is -2.14. The lowest BCUT2D eigenvalue weighted by molar-refractivity contribution is -0.145. The van der Waals surface area contributed by atoms with Crippen LogP contribution in [0.1, 0.15) is 34.0 Å². The second kappa shape index (κ2) is 7.92. The molecule has 0 aliphatic rings. The fraction of sp³-hybridized carbons (Fsp3) is 0.300. The highest BCUT2D eigenvalue weighted by molar-refractivity contribution is 6.01. The van der Waals surface area contributed by atoms with Crippen LogP contribution in [0.25, 0.3) is 0 Å². The number of Topliss-reactive ketones (excluding diaryl/α,β-unsaturated/α-hetero) is 1. The lowest BCUT2D eigenvalue weighted by atomic mass is 9.99. The van der Waals surface area contributed by atoms with Gasteiger partial charge in [0.25, 0.3) is 0 Å². The van der Waals surface area contributed by atoms with Crippen molar-refractivity contribution >= 4 is 11.8 Å². The van der Waals surface area contributed by atoms with Gasteiger partial charge in [0, 0.05) is 5.56 Å². The molecule has 0 aromatic heterocycles. The van der Waals surface area contributed by atoms with Crippen LogP contribution in [0.3, 0.4) is 0 Å². The number of aryl methyl sites for hydroxylation is 2. The Balaban J connectivity index is 2.03. The number of methoxy groups -OCH3 is 1. The Morgan fingerprint density at radius 1 is 1.12 bits per heavy atom. The molecule has 0 amide bonds. The Labute approximate surface area is 146 Å². The Kier molecular flexibility index (Phi) is 5.91. The minimum Gasteiger partial charge on any atom is -0.494 e. The van der Waals surface area contributed by atoms with Gasteiger partial charge in [-0.1, -0.05) is 23.8 Å². The molecule has 0 aliphatic carbocycles. The molecule has 4 nitrogen and oxygen atoms in total. The van der Waals surface area contributed by atoms with Crippen molar-refractivity contribution in [1.82, 2.24) is 0 Å². The van der Waals surface area contributed by atoms with Gasteiger partial charge in [-0.15, -0.1) is 0 Å². The fourth-order valence-corrected chi connectivity index (χ4v) is 2.50. The van der Waals surface area contributed by atoms with Crippen molar-refractivity contribution in [2.24, 2.45) is 0 Å². The van der Waals surface area contributed by atoms with Crippen molar-refractivity contribution in [3.8, 4) is 5.75 Å². The van der Waals surface area contributed by atoms with Crippen LogP contribution in [0.5, 0.6) is 5.75 Å². The van der Waals surface area contributed by atoms with E-state index in [1.165, 1.54) is 26.2 Å². The third kappa shape index (κ3) is 4.66. The molecular weight excluding hydrogens is 323 g/mol. The number of carbonyl (C=O) groups excluding carboxylic acids is 2. The molecule has 0 bridgehead atoms. The van der Waals surface area contributed by atoms with Crippen molar-refractivity contribution in [2.75, 3.05) is 7.11 Å². The molecule has 0 saturated carbocycles. The number of hydrogen-bond acceptors (Lipinski definition) is 4. The Bertz CT molecular complexity index is 798. The van der Waals surface area contributed by atoms with Crippen LogP contribution >= 0.6 is 0 Å². The number of ether oxygens (including phenoxy) is 2. The van der Waals surface area contributed by atoms with Gasteiger partial charge in [-0.25, -0.2) is 4.39 Å². The summed E-state index contributed by atoms with van der Waals surface area (Å²) in [5.74, 6) is -1.28. The molecule has 2 rings (SSSR count). The summed E-state index contributed by atoms with van der Waals surface area (Å²) in [6, 6.07) is 9.80. The van der Waals surface area contributed by atoms with E-state index in [-0.39, 0.29) is 18.0 Å². The summed E-state index contributed by atoms with van der Waals surface area (Å²) in [7, 11) is 1.37. The maximum Gasteiger partial charge on any atom is 0.310 e. The van der Waals surface area contributed by atoms with Crippen molar-refractivity contribution in [3.05, 3.63) is 64.5 Å². The third-order valence-corrected chi connectivity index (χ3v) is 3.90. The van der Waals surface area contributed by atoms with Crippen LogP contribution in [0.4, 0.5) is 4.39 Å². The first-order valence-electron chi connectivity index (χ1n) is 7.95. The molecule has 0 aliphatic heterocycles. The van der Waals surface area contributed by atoms with Crippen LogP contribution < -0.4 is 4.74 Å². The van der Waals surface area contributed by atoms with Gasteiger partial charge >= 0.3 is 5.97 Å². The Hall–Kier alpha value is -2.69. The Morgan fingerprint density at radius 2 is 1.84 bits per heavy atom. The number of rotatable bonds is 6. The first-order chi connectivity index (χ1) is 11.8. The van der Waals surface area contributed by atoms with Crippen molar-refractivity contribution in [2.45, 2.75) is 33.3 Å². The predicted molar refractivity (Wildman–Crippen MR) is 92.5 cm³/mol. The molecule has 0 N–H and O–H groups in total. The zero-order chi connectivity index (χ0) is 18.6. The van der Waals surface area contributed by atoms with Gasteiger partial charge in [-0.05, 0) is 50.1 Å². The molecular formula is C20H21FO4. The van der Waals surface area contributed by atoms with Gasteiger partial charge in [0.2, 0.25) is 5.78 Å². The van der Waals surface area contributed by atoms with Gasteiger partial charge in [-0.3, -0.25) is 9.59 Å². The molecule has 0 unspecified atom stereocenters. The van der Waals surface area contributed by atoms with Crippen molar-refractivity contribution in [1.29, 1.82) is 0 Å². The normalized spacial score (nSPS) is 11.7. The first kappa shape index (κ1) is 18.6. The first-order valence-corrected chi connectivity index (χ1v) is 7.95. The Morgan fingerprint density at radius 3 is 2.48 bits per heavy atom. The van der Waals surface area contributed by atoms with E-state index in [0.717, 1.165) is 11.1 Å². The van der Waals surface area contributed by atoms with E-state index in [1.807, 2.05) is 26.0 Å². The monoisotopic (exact) mass is 344 g/mol. The summed E-state index contributed by atoms with van der Waals surface area (Å²) in [6.07, 6.45) is -1.03. The molecule has 0 saturated heterocycles. The van der Waals surface area contributed by atoms with Crippen LogP contribution in [-0.2, 0) is 16.0 Å². The molecule has 2 aromatic rings. The minimum absolute atomic E-state index is 0.107. The second-order valence-corrected chi connectivity index (χ2v) is 5.96. The molecule has 0 spiro atoms. The summed E-state index contributed by atoms with van der Waals surface area (Å²) >= 11 is 0. The number of ketones is 1. The SMILES string of the molecule is COc1ccc(CC(=O)O[C@H](C)C(=O)c2cc(C)ccc2C)cc1F. The predicted octanol–water partition coefficient (Wildman–Crippen LogP) is 3.81. The van der Waals surface area contributed by atoms with E-state index in [4.69, 9.17) is 9.47 Å². The highest BCUT2D eigenvalue weighted by Gasteiger charge is 2.21. The zero-order valence-corrected chi connectivity index (χ0v) is 14.8. The summed E-state index contributed by atoms with van der Waals surface area (Å²) in [6.45, 7) is 5.27. The molecule has 25 heavy (non-hydrogen) atoms. The highest BCUT2D eigenvalue weighted by Crippen LogP contribution is 2.19. The van der Waals surface area contributed by atoms with Crippen LogP contribution in [0, 0.1) is 19.7 Å². The number of hydrogen-bond donors (Lipinski definition) is 0. The van der Waals surface area contributed by atoms with Gasteiger partial charge in [-0.2, -0.15) is 0 Å². The van der Waals surface area contributed by atoms with Gasteiger partial charge in [0.15, 0.2) is 17.7 Å². The molecule has 132 valence electrons.